The Kier molecular flexibility index (Phi) is 7.96. The van der Waals surface area contributed by atoms with Crippen LogP contribution >= 0.6 is 24.0 Å². The lowest BCUT2D eigenvalue weighted by Gasteiger charge is -2.26. The summed E-state index contributed by atoms with van der Waals surface area (Å²) in [5.74, 6) is 2.43. The number of nitrogens with zero attached hydrogens (tertiary/aromatic N) is 3. The number of hydrogen-bond acceptors (Lipinski definition) is 3. The van der Waals surface area contributed by atoms with Crippen molar-refractivity contribution < 1.29 is 9.59 Å². The van der Waals surface area contributed by atoms with Crippen LogP contribution in [-0.4, -0.2) is 67.3 Å². The largest absolute Gasteiger partial charge is 0.353 e. The van der Waals surface area contributed by atoms with Crippen LogP contribution in [0, 0.1) is 11.8 Å². The van der Waals surface area contributed by atoms with Gasteiger partial charge in [-0.05, 0) is 42.4 Å². The topological polar surface area (TPSA) is 77.0 Å². The molecule has 0 spiro atoms. The number of guanidine groups is 1. The number of fused-ring (bicyclic) bond motifs is 1. The summed E-state index contributed by atoms with van der Waals surface area (Å²) in [6, 6.07) is 7.64. The van der Waals surface area contributed by atoms with E-state index in [-0.39, 0.29) is 42.3 Å². The monoisotopic (exact) mass is 525 g/mol. The molecule has 2 heterocycles. The van der Waals surface area contributed by atoms with Crippen LogP contribution in [0.4, 0.5) is 0 Å². The molecule has 2 amide bonds. The molecule has 2 aliphatic heterocycles. The summed E-state index contributed by atoms with van der Waals surface area (Å²) in [6.45, 7) is 4.11. The van der Waals surface area contributed by atoms with Crippen molar-refractivity contribution in [2.45, 2.75) is 32.2 Å². The van der Waals surface area contributed by atoms with E-state index in [2.05, 4.69) is 20.5 Å². The molecule has 1 saturated carbocycles. The SMILES string of the molecule is CN=C(NCc1ccc(C(=O)N2CCNC(=O)C2)cc1)N1CC2CCCCC2C1.I. The van der Waals surface area contributed by atoms with Gasteiger partial charge >= 0.3 is 0 Å². The lowest BCUT2D eigenvalue weighted by molar-refractivity contribution is -0.123. The fraction of sp³-hybridized carbons (Fsp3) is 0.591. The first-order chi connectivity index (χ1) is 14.1. The minimum Gasteiger partial charge on any atom is -0.353 e. The molecule has 3 fully saturated rings. The number of piperazine rings is 1. The molecule has 2 unspecified atom stereocenters. The molecule has 164 valence electrons. The normalized spacial score (nSPS) is 24.0. The van der Waals surface area contributed by atoms with Gasteiger partial charge in [0.2, 0.25) is 5.91 Å². The van der Waals surface area contributed by atoms with Gasteiger partial charge in [-0.2, -0.15) is 0 Å². The van der Waals surface area contributed by atoms with E-state index < -0.39 is 0 Å². The fourth-order valence-electron chi connectivity index (χ4n) is 4.85. The van der Waals surface area contributed by atoms with E-state index in [9.17, 15) is 9.59 Å². The number of carbonyl (C=O) groups excluding carboxylic acids is 2. The number of hydrogen-bond donors (Lipinski definition) is 2. The highest BCUT2D eigenvalue weighted by atomic mass is 127. The van der Waals surface area contributed by atoms with Crippen LogP contribution in [0.15, 0.2) is 29.3 Å². The Morgan fingerprint density at radius 2 is 1.80 bits per heavy atom. The molecule has 1 aliphatic carbocycles. The molecule has 0 aromatic heterocycles. The van der Waals surface area contributed by atoms with Crippen LogP contribution in [0.25, 0.3) is 0 Å². The van der Waals surface area contributed by atoms with Gasteiger partial charge in [-0.15, -0.1) is 24.0 Å². The van der Waals surface area contributed by atoms with Crippen molar-refractivity contribution in [2.24, 2.45) is 16.8 Å². The zero-order valence-electron chi connectivity index (χ0n) is 17.6. The van der Waals surface area contributed by atoms with Crippen LogP contribution in [0.1, 0.15) is 41.6 Å². The third kappa shape index (κ3) is 5.25. The van der Waals surface area contributed by atoms with Crippen molar-refractivity contribution in [3.8, 4) is 0 Å². The summed E-state index contributed by atoms with van der Waals surface area (Å²) in [5.41, 5.74) is 1.73. The van der Waals surface area contributed by atoms with Gasteiger partial charge in [-0.25, -0.2) is 0 Å². The third-order valence-corrected chi connectivity index (χ3v) is 6.46. The lowest BCUT2D eigenvalue weighted by atomic mass is 9.82. The summed E-state index contributed by atoms with van der Waals surface area (Å²) >= 11 is 0. The number of nitrogens with one attached hydrogen (secondary N) is 2. The number of benzene rings is 1. The van der Waals surface area contributed by atoms with E-state index in [0.29, 0.717) is 25.2 Å². The van der Waals surface area contributed by atoms with E-state index in [4.69, 9.17) is 0 Å². The maximum Gasteiger partial charge on any atom is 0.254 e. The molecule has 8 heteroatoms. The molecule has 2 N–H and O–H groups in total. The second-order valence-corrected chi connectivity index (χ2v) is 8.38. The average Bonchev–Trinajstić information content (AvgIpc) is 3.18. The molecule has 1 aromatic carbocycles. The number of aliphatic imine (C=N–C) groups is 1. The molecule has 0 radical (unpaired) electrons. The molecule has 3 aliphatic rings. The number of likely N-dealkylation sites (tertiary alicyclic amines) is 1. The summed E-state index contributed by atoms with van der Waals surface area (Å²) in [5, 5.41) is 6.23. The summed E-state index contributed by atoms with van der Waals surface area (Å²) in [6.07, 6.45) is 5.45. The Morgan fingerprint density at radius 1 is 1.13 bits per heavy atom. The Balaban J connectivity index is 0.00000256. The highest BCUT2D eigenvalue weighted by Gasteiger charge is 2.35. The molecule has 7 nitrogen and oxygen atoms in total. The van der Waals surface area contributed by atoms with Gasteiger partial charge < -0.3 is 20.4 Å². The first-order valence-corrected chi connectivity index (χ1v) is 10.7. The van der Waals surface area contributed by atoms with Gasteiger partial charge in [-0.3, -0.25) is 14.6 Å². The van der Waals surface area contributed by atoms with Gasteiger partial charge in [0.25, 0.3) is 5.91 Å². The van der Waals surface area contributed by atoms with E-state index in [0.717, 1.165) is 36.4 Å². The predicted molar refractivity (Wildman–Crippen MR) is 128 cm³/mol. The van der Waals surface area contributed by atoms with Gasteiger partial charge in [0, 0.05) is 45.3 Å². The average molecular weight is 525 g/mol. The maximum atomic E-state index is 12.6. The predicted octanol–water partition coefficient (Wildman–Crippen LogP) is 2.07. The quantitative estimate of drug-likeness (QED) is 0.360. The second-order valence-electron chi connectivity index (χ2n) is 8.38. The Morgan fingerprint density at radius 3 is 2.40 bits per heavy atom. The molecule has 0 bridgehead atoms. The van der Waals surface area contributed by atoms with Crippen LogP contribution in [0.5, 0.6) is 0 Å². The van der Waals surface area contributed by atoms with Crippen LogP contribution in [-0.2, 0) is 11.3 Å². The van der Waals surface area contributed by atoms with Gasteiger partial charge in [0.1, 0.15) is 0 Å². The summed E-state index contributed by atoms with van der Waals surface area (Å²) < 4.78 is 0. The minimum absolute atomic E-state index is 0. The molecule has 2 atom stereocenters. The Labute approximate surface area is 195 Å². The molecule has 2 saturated heterocycles. The maximum absolute atomic E-state index is 12.6. The molecule has 1 aromatic rings. The van der Waals surface area contributed by atoms with Crippen LogP contribution < -0.4 is 10.6 Å². The van der Waals surface area contributed by atoms with Gasteiger partial charge in [-0.1, -0.05) is 25.0 Å². The van der Waals surface area contributed by atoms with Gasteiger partial charge in [0.05, 0.1) is 6.54 Å². The fourth-order valence-corrected chi connectivity index (χ4v) is 4.85. The molecular weight excluding hydrogens is 493 g/mol. The zero-order chi connectivity index (χ0) is 20.2. The van der Waals surface area contributed by atoms with Crippen molar-refractivity contribution in [3.63, 3.8) is 0 Å². The molecular formula is C22H32IN5O2. The number of amides is 2. The van der Waals surface area contributed by atoms with Gasteiger partial charge in [0.15, 0.2) is 5.96 Å². The summed E-state index contributed by atoms with van der Waals surface area (Å²) in [4.78, 5) is 32.6. The smallest absolute Gasteiger partial charge is 0.254 e. The third-order valence-electron chi connectivity index (χ3n) is 6.46. The Hall–Kier alpha value is -1.84. The zero-order valence-corrected chi connectivity index (χ0v) is 19.9. The van der Waals surface area contributed by atoms with Crippen molar-refractivity contribution in [3.05, 3.63) is 35.4 Å². The van der Waals surface area contributed by atoms with Crippen molar-refractivity contribution in [1.82, 2.24) is 20.4 Å². The first kappa shape index (κ1) is 22.8. The summed E-state index contributed by atoms with van der Waals surface area (Å²) in [7, 11) is 1.85. The highest BCUT2D eigenvalue weighted by molar-refractivity contribution is 14.0. The van der Waals surface area contributed by atoms with Crippen LogP contribution in [0.3, 0.4) is 0 Å². The number of carbonyl (C=O) groups is 2. The Bertz CT molecular complexity index is 768. The van der Waals surface area contributed by atoms with Crippen molar-refractivity contribution in [2.75, 3.05) is 39.8 Å². The number of rotatable bonds is 3. The van der Waals surface area contributed by atoms with E-state index in [1.54, 1.807) is 4.90 Å². The minimum atomic E-state index is -0.0986. The van der Waals surface area contributed by atoms with E-state index in [1.165, 1.54) is 25.7 Å². The van der Waals surface area contributed by atoms with Crippen LogP contribution in [0.2, 0.25) is 0 Å². The first-order valence-electron chi connectivity index (χ1n) is 10.7. The number of halogens is 1. The highest BCUT2D eigenvalue weighted by Crippen LogP contribution is 2.35. The second kappa shape index (κ2) is 10.5. The van der Waals surface area contributed by atoms with E-state index >= 15 is 0 Å². The standard InChI is InChI=1S/C22H31N5O2.HI/c1-23-22(27-13-18-4-2-3-5-19(18)14-27)25-12-16-6-8-17(9-7-16)21(29)26-11-10-24-20(28)15-26;/h6-9,18-19H,2-5,10-15H2,1H3,(H,23,25)(H,24,28);1H. The van der Waals surface area contributed by atoms with E-state index in [1.807, 2.05) is 31.3 Å². The molecule has 30 heavy (non-hydrogen) atoms. The van der Waals surface area contributed by atoms with Crippen molar-refractivity contribution in [1.29, 1.82) is 0 Å². The molecule has 4 rings (SSSR count). The lowest BCUT2D eigenvalue weighted by Crippen LogP contribution is -2.49. The van der Waals surface area contributed by atoms with Crippen molar-refractivity contribution >= 4 is 41.8 Å².